The summed E-state index contributed by atoms with van der Waals surface area (Å²) in [7, 11) is 0. The zero-order valence-electron chi connectivity index (χ0n) is 20.2. The number of nitrogens with zero attached hydrogens (tertiary/aromatic N) is 1. The predicted molar refractivity (Wildman–Crippen MR) is 134 cm³/mol. The standard InChI is InChI=1S/C24H34N4O7S/c1-36-13-11-17(26-21(31)16(25)9-10-20(29)30)22(32)27-18(14-15-6-3-2-4-7-15)23(33)28-12-5-8-19(28)24(34)35/h2-4,6-7,16-19H,5,8-14,25H2,1H3,(H,26,31)(H,27,32)(H,29,30)(H,34,35). The van der Waals surface area contributed by atoms with E-state index in [4.69, 9.17) is 10.8 Å². The number of carbonyl (C=O) groups is 5. The average molecular weight is 523 g/mol. The van der Waals surface area contributed by atoms with Crippen LogP contribution in [0.1, 0.15) is 37.7 Å². The molecule has 36 heavy (non-hydrogen) atoms. The molecule has 0 aromatic heterocycles. The van der Waals surface area contributed by atoms with E-state index in [0.717, 1.165) is 5.56 Å². The fraction of sp³-hybridized carbons (Fsp3) is 0.542. The van der Waals surface area contributed by atoms with Crippen LogP contribution in [0.15, 0.2) is 30.3 Å². The van der Waals surface area contributed by atoms with E-state index in [1.54, 1.807) is 24.3 Å². The van der Waals surface area contributed by atoms with E-state index in [9.17, 15) is 29.1 Å². The highest BCUT2D eigenvalue weighted by Crippen LogP contribution is 2.20. The second-order valence-electron chi connectivity index (χ2n) is 8.66. The van der Waals surface area contributed by atoms with Gasteiger partial charge in [0, 0.05) is 19.4 Å². The van der Waals surface area contributed by atoms with Crippen LogP contribution in [0, 0.1) is 0 Å². The minimum absolute atomic E-state index is 0.0846. The highest BCUT2D eigenvalue weighted by atomic mass is 32.2. The molecule has 1 aliphatic rings. The van der Waals surface area contributed by atoms with Crippen molar-refractivity contribution < 1.29 is 34.2 Å². The minimum atomic E-state index is -1.10. The van der Waals surface area contributed by atoms with E-state index >= 15 is 0 Å². The molecule has 1 saturated heterocycles. The van der Waals surface area contributed by atoms with E-state index in [0.29, 0.717) is 18.6 Å². The van der Waals surface area contributed by atoms with Gasteiger partial charge in [-0.05, 0) is 43.3 Å². The fourth-order valence-corrected chi connectivity index (χ4v) is 4.47. The number of hydrogen-bond donors (Lipinski definition) is 5. The van der Waals surface area contributed by atoms with Gasteiger partial charge in [-0.1, -0.05) is 30.3 Å². The number of likely N-dealkylation sites (tertiary alicyclic amines) is 1. The molecule has 12 heteroatoms. The number of amides is 3. The van der Waals surface area contributed by atoms with Crippen LogP contribution in [0.4, 0.5) is 0 Å². The lowest BCUT2D eigenvalue weighted by Gasteiger charge is -2.29. The van der Waals surface area contributed by atoms with Crippen molar-refractivity contribution in [2.75, 3.05) is 18.6 Å². The average Bonchev–Trinajstić information content (AvgIpc) is 3.35. The van der Waals surface area contributed by atoms with Crippen molar-refractivity contribution >= 4 is 41.4 Å². The molecule has 1 fully saturated rings. The Labute approximate surface area is 214 Å². The Morgan fingerprint density at radius 3 is 2.33 bits per heavy atom. The number of nitrogens with two attached hydrogens (primary N) is 1. The third-order valence-corrected chi connectivity index (χ3v) is 6.61. The maximum Gasteiger partial charge on any atom is 0.326 e. The normalized spacial score (nSPS) is 17.6. The summed E-state index contributed by atoms with van der Waals surface area (Å²) in [6.07, 6.45) is 2.77. The summed E-state index contributed by atoms with van der Waals surface area (Å²) in [5.74, 6) is -3.39. The van der Waals surface area contributed by atoms with Crippen LogP contribution in [0.25, 0.3) is 0 Å². The van der Waals surface area contributed by atoms with E-state index in [1.165, 1.54) is 16.7 Å². The number of aliphatic carboxylic acids is 2. The summed E-state index contributed by atoms with van der Waals surface area (Å²) in [6, 6.07) is 4.94. The van der Waals surface area contributed by atoms with Gasteiger partial charge < -0.3 is 31.5 Å². The summed E-state index contributed by atoms with van der Waals surface area (Å²) in [5.41, 5.74) is 6.57. The van der Waals surface area contributed by atoms with Crippen LogP contribution in [0.5, 0.6) is 0 Å². The van der Waals surface area contributed by atoms with Crippen molar-refractivity contribution in [1.29, 1.82) is 0 Å². The molecule has 4 atom stereocenters. The Balaban J connectivity index is 2.20. The summed E-state index contributed by atoms with van der Waals surface area (Å²) in [6.45, 7) is 0.280. The lowest BCUT2D eigenvalue weighted by Crippen LogP contribution is -2.57. The first-order valence-electron chi connectivity index (χ1n) is 11.8. The molecule has 2 rings (SSSR count). The lowest BCUT2D eigenvalue weighted by molar-refractivity contribution is -0.149. The maximum atomic E-state index is 13.4. The van der Waals surface area contributed by atoms with Crippen LogP contribution in [0.3, 0.4) is 0 Å². The summed E-state index contributed by atoms with van der Waals surface area (Å²) >= 11 is 1.47. The van der Waals surface area contributed by atoms with Crippen LogP contribution < -0.4 is 16.4 Å². The zero-order valence-corrected chi connectivity index (χ0v) is 21.0. The van der Waals surface area contributed by atoms with E-state index < -0.39 is 53.8 Å². The van der Waals surface area contributed by atoms with Gasteiger partial charge >= 0.3 is 11.9 Å². The van der Waals surface area contributed by atoms with E-state index in [1.807, 2.05) is 12.3 Å². The monoisotopic (exact) mass is 522 g/mol. The summed E-state index contributed by atoms with van der Waals surface area (Å²) < 4.78 is 0. The quantitative estimate of drug-likeness (QED) is 0.228. The van der Waals surface area contributed by atoms with Gasteiger partial charge in [-0.2, -0.15) is 11.8 Å². The molecule has 198 valence electrons. The first-order chi connectivity index (χ1) is 17.1. The first-order valence-corrected chi connectivity index (χ1v) is 13.2. The van der Waals surface area contributed by atoms with Crippen LogP contribution in [-0.2, 0) is 30.4 Å². The van der Waals surface area contributed by atoms with Crippen LogP contribution >= 0.6 is 11.8 Å². The van der Waals surface area contributed by atoms with Gasteiger partial charge in [0.2, 0.25) is 17.7 Å². The van der Waals surface area contributed by atoms with E-state index in [-0.39, 0.29) is 32.2 Å². The second-order valence-corrected chi connectivity index (χ2v) is 9.65. The Morgan fingerprint density at radius 1 is 1.06 bits per heavy atom. The molecule has 1 aliphatic heterocycles. The number of benzene rings is 1. The van der Waals surface area contributed by atoms with Crippen molar-refractivity contribution in [3.8, 4) is 0 Å². The SMILES string of the molecule is CSCCC(NC(=O)C(N)CCC(=O)O)C(=O)NC(Cc1ccccc1)C(=O)N1CCCC1C(=O)O. The molecule has 1 aromatic carbocycles. The number of rotatable bonds is 14. The Morgan fingerprint density at radius 2 is 1.72 bits per heavy atom. The Bertz CT molecular complexity index is 930. The number of thioether (sulfide) groups is 1. The molecular weight excluding hydrogens is 488 g/mol. The van der Waals surface area contributed by atoms with E-state index in [2.05, 4.69) is 10.6 Å². The molecule has 6 N–H and O–H groups in total. The predicted octanol–water partition coefficient (Wildman–Crippen LogP) is 0.220. The molecule has 0 saturated carbocycles. The molecule has 1 heterocycles. The highest BCUT2D eigenvalue weighted by molar-refractivity contribution is 7.98. The van der Waals surface area contributed by atoms with Crippen molar-refractivity contribution in [1.82, 2.24) is 15.5 Å². The molecule has 4 unspecified atom stereocenters. The van der Waals surface area contributed by atoms with Gasteiger partial charge in [-0.25, -0.2) is 4.79 Å². The molecule has 11 nitrogen and oxygen atoms in total. The molecule has 1 aromatic rings. The number of carboxylic acids is 2. The third kappa shape index (κ3) is 8.83. The largest absolute Gasteiger partial charge is 0.481 e. The van der Waals surface area contributed by atoms with Gasteiger partial charge in [-0.15, -0.1) is 0 Å². The number of carboxylic acid groups (broad SMARTS) is 2. The van der Waals surface area contributed by atoms with Crippen molar-refractivity contribution in [3.63, 3.8) is 0 Å². The van der Waals surface area contributed by atoms with Crippen LogP contribution in [0.2, 0.25) is 0 Å². The minimum Gasteiger partial charge on any atom is -0.481 e. The Kier molecular flexibility index (Phi) is 11.7. The van der Waals surface area contributed by atoms with Gasteiger partial charge in [0.05, 0.1) is 6.04 Å². The zero-order chi connectivity index (χ0) is 26.7. The van der Waals surface area contributed by atoms with Crippen molar-refractivity contribution in [2.45, 2.75) is 62.7 Å². The lowest BCUT2D eigenvalue weighted by atomic mass is 10.0. The molecule has 0 radical (unpaired) electrons. The molecular formula is C24H34N4O7S. The highest BCUT2D eigenvalue weighted by Gasteiger charge is 2.38. The number of nitrogens with one attached hydrogen (secondary N) is 2. The second kappa shape index (κ2) is 14.4. The van der Waals surface area contributed by atoms with Gasteiger partial charge in [0.1, 0.15) is 18.1 Å². The molecule has 3 amide bonds. The summed E-state index contributed by atoms with van der Waals surface area (Å²) in [5, 5.41) is 23.6. The first kappa shape index (κ1) is 29.1. The fourth-order valence-electron chi connectivity index (χ4n) is 4.00. The third-order valence-electron chi connectivity index (χ3n) is 5.97. The topological polar surface area (TPSA) is 179 Å². The maximum absolute atomic E-state index is 13.4. The van der Waals surface area contributed by atoms with Crippen molar-refractivity contribution in [3.05, 3.63) is 35.9 Å². The number of carbonyl (C=O) groups excluding carboxylic acids is 3. The molecule has 0 bridgehead atoms. The number of hydrogen-bond acceptors (Lipinski definition) is 7. The van der Waals surface area contributed by atoms with Gasteiger partial charge in [0.25, 0.3) is 0 Å². The molecule has 0 spiro atoms. The van der Waals surface area contributed by atoms with Crippen LogP contribution in [-0.4, -0.2) is 87.5 Å². The summed E-state index contributed by atoms with van der Waals surface area (Å²) in [4.78, 5) is 62.9. The van der Waals surface area contributed by atoms with Gasteiger partial charge in [-0.3, -0.25) is 19.2 Å². The Hall–Kier alpha value is -3.12. The van der Waals surface area contributed by atoms with Gasteiger partial charge in [0.15, 0.2) is 0 Å². The smallest absolute Gasteiger partial charge is 0.326 e. The molecule has 0 aliphatic carbocycles. The van der Waals surface area contributed by atoms with Crippen molar-refractivity contribution in [2.24, 2.45) is 5.73 Å².